The van der Waals surface area contributed by atoms with Crippen molar-refractivity contribution < 1.29 is 9.72 Å². The third-order valence-electron chi connectivity index (χ3n) is 5.95. The second-order valence-electron chi connectivity index (χ2n) is 7.80. The number of hydrogen-bond donors (Lipinski definition) is 0. The molecule has 1 amide bonds. The molecule has 2 aliphatic rings. The van der Waals surface area contributed by atoms with E-state index < -0.39 is 4.92 Å². The van der Waals surface area contributed by atoms with Crippen LogP contribution in [0.25, 0.3) is 0 Å². The molecule has 1 aromatic heterocycles. The minimum absolute atomic E-state index is 0.0000294. The smallest absolute Gasteiger partial charge is 0.294 e. The van der Waals surface area contributed by atoms with Crippen molar-refractivity contribution in [1.29, 1.82) is 0 Å². The molecule has 2 fully saturated rings. The van der Waals surface area contributed by atoms with Gasteiger partial charge in [-0.3, -0.25) is 14.9 Å². The SMILES string of the molecule is O=C(C1CCN(c2ccc(Cl)cn2)CC1)N1CCN(c2ccc(Cl)cc2[N+](=O)[O-])CC1. The fourth-order valence-electron chi connectivity index (χ4n) is 4.25. The number of amides is 1. The van der Waals surface area contributed by atoms with Crippen LogP contribution in [-0.2, 0) is 4.79 Å². The zero-order chi connectivity index (χ0) is 22.0. The third kappa shape index (κ3) is 4.85. The van der Waals surface area contributed by atoms with Crippen LogP contribution in [0.5, 0.6) is 0 Å². The van der Waals surface area contributed by atoms with Gasteiger partial charge < -0.3 is 14.7 Å². The van der Waals surface area contributed by atoms with E-state index in [1.807, 2.05) is 21.9 Å². The van der Waals surface area contributed by atoms with Crippen LogP contribution in [-0.4, -0.2) is 60.0 Å². The molecular formula is C21H23Cl2N5O3. The van der Waals surface area contributed by atoms with Crippen LogP contribution in [0.3, 0.4) is 0 Å². The second kappa shape index (κ2) is 9.28. The van der Waals surface area contributed by atoms with E-state index >= 15 is 0 Å². The number of benzene rings is 1. The Morgan fingerprint density at radius 1 is 0.968 bits per heavy atom. The van der Waals surface area contributed by atoms with Crippen molar-refractivity contribution in [2.24, 2.45) is 5.92 Å². The van der Waals surface area contributed by atoms with E-state index in [0.717, 1.165) is 31.7 Å². The molecule has 2 aliphatic heterocycles. The lowest BCUT2D eigenvalue weighted by molar-refractivity contribution is -0.384. The van der Waals surface area contributed by atoms with Crippen molar-refractivity contribution in [3.63, 3.8) is 0 Å². The van der Waals surface area contributed by atoms with Crippen molar-refractivity contribution >= 4 is 46.3 Å². The van der Waals surface area contributed by atoms with Crippen molar-refractivity contribution in [1.82, 2.24) is 9.88 Å². The van der Waals surface area contributed by atoms with Crippen LogP contribution < -0.4 is 9.80 Å². The van der Waals surface area contributed by atoms with Crippen molar-refractivity contribution in [3.8, 4) is 0 Å². The van der Waals surface area contributed by atoms with Gasteiger partial charge in [-0.25, -0.2) is 4.98 Å². The van der Waals surface area contributed by atoms with Crippen molar-refractivity contribution in [2.75, 3.05) is 49.1 Å². The maximum absolute atomic E-state index is 13.0. The first kappa shape index (κ1) is 21.6. The summed E-state index contributed by atoms with van der Waals surface area (Å²) in [5, 5.41) is 12.3. The Labute approximate surface area is 190 Å². The maximum atomic E-state index is 13.0. The summed E-state index contributed by atoms with van der Waals surface area (Å²) >= 11 is 11.8. The first-order valence-corrected chi connectivity index (χ1v) is 11.0. The van der Waals surface area contributed by atoms with Crippen LogP contribution in [0, 0.1) is 16.0 Å². The van der Waals surface area contributed by atoms with Crippen molar-refractivity contribution in [2.45, 2.75) is 12.8 Å². The van der Waals surface area contributed by atoms with E-state index in [-0.39, 0.29) is 17.5 Å². The fraction of sp³-hybridized carbons (Fsp3) is 0.429. The molecule has 1 aromatic carbocycles. The molecule has 8 nitrogen and oxygen atoms in total. The lowest BCUT2D eigenvalue weighted by atomic mass is 9.95. The van der Waals surface area contributed by atoms with Crippen molar-refractivity contribution in [3.05, 3.63) is 56.7 Å². The number of piperidine rings is 1. The zero-order valence-corrected chi connectivity index (χ0v) is 18.4. The monoisotopic (exact) mass is 463 g/mol. The average Bonchev–Trinajstić information content (AvgIpc) is 2.79. The summed E-state index contributed by atoms with van der Waals surface area (Å²) in [6.07, 6.45) is 3.21. The van der Waals surface area contributed by atoms with Gasteiger partial charge >= 0.3 is 0 Å². The predicted molar refractivity (Wildman–Crippen MR) is 121 cm³/mol. The molecule has 0 atom stereocenters. The Balaban J connectivity index is 1.32. The molecule has 2 aromatic rings. The van der Waals surface area contributed by atoms with E-state index in [4.69, 9.17) is 23.2 Å². The van der Waals surface area contributed by atoms with Crippen LogP contribution in [0.2, 0.25) is 10.0 Å². The highest BCUT2D eigenvalue weighted by Gasteiger charge is 2.32. The number of rotatable bonds is 4. The van der Waals surface area contributed by atoms with Crippen LogP contribution in [0.1, 0.15) is 12.8 Å². The summed E-state index contributed by atoms with van der Waals surface area (Å²) in [5.74, 6) is 1.06. The Morgan fingerprint density at radius 3 is 2.26 bits per heavy atom. The molecule has 0 aliphatic carbocycles. The van der Waals surface area contributed by atoms with E-state index in [1.165, 1.54) is 6.07 Å². The molecule has 164 valence electrons. The summed E-state index contributed by atoms with van der Waals surface area (Å²) < 4.78 is 0. The van der Waals surface area contributed by atoms with Gasteiger partial charge in [0, 0.05) is 62.5 Å². The predicted octanol–water partition coefficient (Wildman–Crippen LogP) is 3.86. The van der Waals surface area contributed by atoms with Gasteiger partial charge in [-0.15, -0.1) is 0 Å². The lowest BCUT2D eigenvalue weighted by Gasteiger charge is -2.39. The summed E-state index contributed by atoms with van der Waals surface area (Å²) in [7, 11) is 0. The molecular weight excluding hydrogens is 441 g/mol. The van der Waals surface area contributed by atoms with Gasteiger partial charge in [-0.1, -0.05) is 23.2 Å². The second-order valence-corrected chi connectivity index (χ2v) is 8.67. The number of nitro groups is 1. The Hall–Kier alpha value is -2.58. The van der Waals surface area contributed by atoms with Crippen LogP contribution in [0.15, 0.2) is 36.5 Å². The Kier molecular flexibility index (Phi) is 6.48. The number of piperazine rings is 1. The number of anilines is 2. The van der Waals surface area contributed by atoms with E-state index in [9.17, 15) is 14.9 Å². The number of aromatic nitrogens is 1. The molecule has 0 bridgehead atoms. The summed E-state index contributed by atoms with van der Waals surface area (Å²) in [5.41, 5.74) is 0.542. The molecule has 3 heterocycles. The summed E-state index contributed by atoms with van der Waals surface area (Å²) in [6, 6.07) is 8.44. The molecule has 0 unspecified atom stereocenters. The zero-order valence-electron chi connectivity index (χ0n) is 16.9. The standard InChI is InChI=1S/C21H23Cl2N5O3/c22-16-1-3-18(19(13-16)28(30)31)25-9-11-27(12-10-25)21(29)15-5-7-26(8-6-15)20-4-2-17(23)14-24-20/h1-4,13-15H,5-12H2. The normalized spacial score (nSPS) is 17.7. The van der Waals surface area contributed by atoms with Gasteiger partial charge in [-0.05, 0) is 37.1 Å². The first-order valence-electron chi connectivity index (χ1n) is 10.3. The molecule has 0 radical (unpaired) electrons. The average molecular weight is 464 g/mol. The van der Waals surface area contributed by atoms with Crippen LogP contribution >= 0.6 is 23.2 Å². The minimum Gasteiger partial charge on any atom is -0.362 e. The number of carbonyl (C=O) groups is 1. The van der Waals surface area contributed by atoms with Gasteiger partial charge in [0.05, 0.1) is 9.95 Å². The van der Waals surface area contributed by atoms with Gasteiger partial charge in [0.25, 0.3) is 5.69 Å². The van der Waals surface area contributed by atoms with E-state index in [0.29, 0.717) is 41.9 Å². The maximum Gasteiger partial charge on any atom is 0.294 e. The molecule has 2 saturated heterocycles. The first-order chi connectivity index (χ1) is 14.9. The number of halogens is 2. The highest BCUT2D eigenvalue weighted by Crippen LogP contribution is 2.32. The number of hydrogen-bond acceptors (Lipinski definition) is 6. The third-order valence-corrected chi connectivity index (χ3v) is 6.40. The molecule has 31 heavy (non-hydrogen) atoms. The highest BCUT2D eigenvalue weighted by atomic mass is 35.5. The molecule has 0 saturated carbocycles. The molecule has 10 heteroatoms. The highest BCUT2D eigenvalue weighted by molar-refractivity contribution is 6.31. The topological polar surface area (TPSA) is 82.8 Å². The summed E-state index contributed by atoms with van der Waals surface area (Å²) in [6.45, 7) is 3.78. The largest absolute Gasteiger partial charge is 0.362 e. The number of nitrogens with zero attached hydrogens (tertiary/aromatic N) is 5. The van der Waals surface area contributed by atoms with Gasteiger partial charge in [0.15, 0.2) is 0 Å². The van der Waals surface area contributed by atoms with Crippen LogP contribution in [0.4, 0.5) is 17.2 Å². The van der Waals surface area contributed by atoms with E-state index in [2.05, 4.69) is 9.88 Å². The number of carbonyl (C=O) groups excluding carboxylic acids is 1. The van der Waals surface area contributed by atoms with E-state index in [1.54, 1.807) is 18.3 Å². The minimum atomic E-state index is -0.415. The number of nitro benzene ring substituents is 1. The molecule has 0 N–H and O–H groups in total. The van der Waals surface area contributed by atoms with Gasteiger partial charge in [-0.2, -0.15) is 0 Å². The Bertz CT molecular complexity index is 956. The molecule has 4 rings (SSSR count). The number of pyridine rings is 1. The fourth-order valence-corrected chi connectivity index (χ4v) is 4.52. The molecule has 0 spiro atoms. The summed E-state index contributed by atoms with van der Waals surface area (Å²) in [4.78, 5) is 34.4. The quantitative estimate of drug-likeness (QED) is 0.505. The van der Waals surface area contributed by atoms with Gasteiger partial charge in [0.1, 0.15) is 11.5 Å². The van der Waals surface area contributed by atoms with Gasteiger partial charge in [0.2, 0.25) is 5.91 Å². The Morgan fingerprint density at radius 2 is 1.65 bits per heavy atom. The lowest BCUT2D eigenvalue weighted by Crippen LogP contribution is -2.51.